The topological polar surface area (TPSA) is 44.8 Å². The summed E-state index contributed by atoms with van der Waals surface area (Å²) in [6.07, 6.45) is 0. The van der Waals surface area contributed by atoms with Crippen molar-refractivity contribution in [1.82, 2.24) is 0 Å². The van der Waals surface area contributed by atoms with Crippen LogP contribution in [0.1, 0.15) is 17.3 Å². The minimum absolute atomic E-state index is 0.282. The summed E-state index contributed by atoms with van der Waals surface area (Å²) < 4.78 is 14.3. The number of hydrogen-bond acceptors (Lipinski definition) is 4. The van der Waals surface area contributed by atoms with Crippen LogP contribution in [0, 0.1) is 0 Å². The average Bonchev–Trinajstić information content (AvgIpc) is 2.28. The summed E-state index contributed by atoms with van der Waals surface area (Å²) in [6, 6.07) is 4.63. The Labute approximate surface area is 92.9 Å². The Morgan fingerprint density at radius 1 is 1.40 bits per heavy atom. The van der Waals surface area contributed by atoms with E-state index in [1.165, 1.54) is 13.2 Å². The Morgan fingerprint density at radius 2 is 2.13 bits per heavy atom. The third kappa shape index (κ3) is 2.76. The van der Waals surface area contributed by atoms with Gasteiger partial charge in [0.05, 0.1) is 19.3 Å². The molecule has 0 atom stereocenters. The van der Waals surface area contributed by atoms with E-state index in [2.05, 4.69) is 4.29 Å². The molecule has 0 saturated heterocycles. The second kappa shape index (κ2) is 5.46. The molecule has 0 fully saturated rings. The van der Waals surface area contributed by atoms with Crippen LogP contribution in [-0.4, -0.2) is 19.7 Å². The molecule has 0 unspecified atom stereocenters. The lowest BCUT2D eigenvalue weighted by molar-refractivity contribution is 0.0526. The molecular weight excluding hydrogens is 220 g/mol. The van der Waals surface area contributed by atoms with Crippen molar-refractivity contribution in [3.63, 3.8) is 0 Å². The molecule has 0 N–H and O–H groups in total. The monoisotopic (exact) mass is 230 g/mol. The van der Waals surface area contributed by atoms with Crippen molar-refractivity contribution < 1.29 is 18.6 Å². The van der Waals surface area contributed by atoms with Gasteiger partial charge in [-0.2, -0.15) is 0 Å². The van der Waals surface area contributed by atoms with Gasteiger partial charge in [0.2, 0.25) is 0 Å². The number of benzene rings is 1. The Kier molecular flexibility index (Phi) is 4.24. The Balaban J connectivity index is 2.97. The predicted octanol–water partition coefficient (Wildman–Crippen LogP) is 2.40. The van der Waals surface area contributed by atoms with E-state index in [9.17, 15) is 4.79 Å². The van der Waals surface area contributed by atoms with Crippen molar-refractivity contribution in [2.24, 2.45) is 0 Å². The van der Waals surface area contributed by atoms with Gasteiger partial charge in [0.15, 0.2) is 11.5 Å². The van der Waals surface area contributed by atoms with Crippen molar-refractivity contribution in [2.75, 3.05) is 13.7 Å². The molecule has 0 aliphatic rings. The molecule has 0 aliphatic heterocycles. The van der Waals surface area contributed by atoms with Crippen LogP contribution in [0.5, 0.6) is 11.5 Å². The summed E-state index contributed by atoms with van der Waals surface area (Å²) >= 11 is 5.23. The first kappa shape index (κ1) is 11.7. The van der Waals surface area contributed by atoms with Gasteiger partial charge in [-0.15, -0.1) is 0 Å². The van der Waals surface area contributed by atoms with E-state index < -0.39 is 5.97 Å². The first-order valence-corrected chi connectivity index (χ1v) is 4.67. The number of carbonyl (C=O) groups is 1. The molecule has 0 spiro atoms. The molecule has 0 amide bonds. The molecular formula is C10H11ClO4. The summed E-state index contributed by atoms with van der Waals surface area (Å²) in [7, 11) is 1.48. The third-order valence-electron chi connectivity index (χ3n) is 1.76. The van der Waals surface area contributed by atoms with E-state index in [-0.39, 0.29) is 5.75 Å². The van der Waals surface area contributed by atoms with Crippen LogP contribution < -0.4 is 9.03 Å². The largest absolute Gasteiger partial charge is 0.493 e. The molecule has 0 heterocycles. The fourth-order valence-corrected chi connectivity index (χ4v) is 1.20. The minimum atomic E-state index is -0.421. The third-order valence-corrected chi connectivity index (χ3v) is 1.92. The van der Waals surface area contributed by atoms with Gasteiger partial charge in [0.25, 0.3) is 0 Å². The molecule has 0 radical (unpaired) electrons. The van der Waals surface area contributed by atoms with Crippen LogP contribution in [0.25, 0.3) is 0 Å². The molecule has 1 rings (SSSR count). The van der Waals surface area contributed by atoms with Crippen LogP contribution in [0.3, 0.4) is 0 Å². The highest BCUT2D eigenvalue weighted by Gasteiger charge is 2.11. The fourth-order valence-electron chi connectivity index (χ4n) is 1.08. The number of ether oxygens (including phenoxy) is 2. The lowest BCUT2D eigenvalue weighted by Crippen LogP contribution is -2.04. The van der Waals surface area contributed by atoms with Gasteiger partial charge in [0, 0.05) is 6.07 Å². The van der Waals surface area contributed by atoms with Crippen LogP contribution in [0.15, 0.2) is 18.2 Å². The predicted molar refractivity (Wildman–Crippen MR) is 55.4 cm³/mol. The lowest BCUT2D eigenvalue weighted by atomic mass is 10.2. The molecule has 82 valence electrons. The maximum absolute atomic E-state index is 11.4. The highest BCUT2D eigenvalue weighted by molar-refractivity contribution is 6.09. The number of rotatable bonds is 4. The van der Waals surface area contributed by atoms with Crippen LogP contribution in [0.4, 0.5) is 0 Å². The molecule has 1 aromatic rings. The van der Waals surface area contributed by atoms with E-state index in [0.717, 1.165) is 0 Å². The summed E-state index contributed by atoms with van der Waals surface area (Å²) in [6.45, 7) is 2.06. The van der Waals surface area contributed by atoms with E-state index in [1.807, 2.05) is 0 Å². The van der Waals surface area contributed by atoms with Gasteiger partial charge < -0.3 is 13.8 Å². The lowest BCUT2D eigenvalue weighted by Gasteiger charge is -2.07. The standard InChI is InChI=1S/C10H11ClO4/c1-3-14-10(12)7-4-5-8(13-2)9(6-7)15-11/h4-6H,3H2,1-2H3. The van der Waals surface area contributed by atoms with Crippen LogP contribution in [0.2, 0.25) is 0 Å². The molecule has 1 aromatic carbocycles. The molecule has 0 saturated carbocycles. The van der Waals surface area contributed by atoms with Crippen molar-refractivity contribution in [2.45, 2.75) is 6.92 Å². The summed E-state index contributed by atoms with van der Waals surface area (Å²) in [5.74, 6) is 0.317. The van der Waals surface area contributed by atoms with Gasteiger partial charge in [-0.25, -0.2) is 4.79 Å². The summed E-state index contributed by atoms with van der Waals surface area (Å²) in [5.41, 5.74) is 0.369. The average molecular weight is 231 g/mol. The Hall–Kier alpha value is -1.42. The van der Waals surface area contributed by atoms with E-state index in [4.69, 9.17) is 21.3 Å². The van der Waals surface area contributed by atoms with Gasteiger partial charge >= 0.3 is 5.97 Å². The molecule has 15 heavy (non-hydrogen) atoms. The van der Waals surface area contributed by atoms with Crippen molar-refractivity contribution >= 4 is 17.8 Å². The summed E-state index contributed by atoms with van der Waals surface area (Å²) in [4.78, 5) is 11.4. The molecule has 0 bridgehead atoms. The maximum atomic E-state index is 11.4. The van der Waals surface area contributed by atoms with Crippen molar-refractivity contribution in [3.8, 4) is 11.5 Å². The number of hydrogen-bond donors (Lipinski definition) is 0. The minimum Gasteiger partial charge on any atom is -0.493 e. The second-order valence-electron chi connectivity index (χ2n) is 2.66. The number of carbonyl (C=O) groups excluding carboxylic acids is 1. The molecule has 0 aromatic heterocycles. The highest BCUT2D eigenvalue weighted by atomic mass is 35.5. The van der Waals surface area contributed by atoms with Crippen molar-refractivity contribution in [1.29, 1.82) is 0 Å². The SMILES string of the molecule is CCOC(=O)c1ccc(OC)c(OCl)c1. The number of esters is 1. The maximum Gasteiger partial charge on any atom is 0.338 e. The summed E-state index contributed by atoms with van der Waals surface area (Å²) in [5, 5.41) is 0. The van der Waals surface area contributed by atoms with Gasteiger partial charge in [-0.05, 0) is 19.1 Å². The van der Waals surface area contributed by atoms with Gasteiger partial charge in [0.1, 0.15) is 11.9 Å². The fraction of sp³-hybridized carbons (Fsp3) is 0.300. The Bertz CT molecular complexity index is 351. The Morgan fingerprint density at radius 3 is 2.67 bits per heavy atom. The van der Waals surface area contributed by atoms with Gasteiger partial charge in [-0.1, -0.05) is 0 Å². The normalized spacial score (nSPS) is 9.53. The van der Waals surface area contributed by atoms with Crippen molar-refractivity contribution in [3.05, 3.63) is 23.8 Å². The number of methoxy groups -OCH3 is 1. The first-order chi connectivity index (χ1) is 7.22. The zero-order valence-corrected chi connectivity index (χ0v) is 9.21. The number of halogens is 1. The van der Waals surface area contributed by atoms with Crippen LogP contribution >= 0.6 is 11.9 Å². The zero-order chi connectivity index (χ0) is 11.3. The van der Waals surface area contributed by atoms with Crippen LogP contribution in [-0.2, 0) is 4.74 Å². The smallest absolute Gasteiger partial charge is 0.338 e. The quantitative estimate of drug-likeness (QED) is 0.745. The zero-order valence-electron chi connectivity index (χ0n) is 8.45. The second-order valence-corrected chi connectivity index (χ2v) is 2.82. The highest BCUT2D eigenvalue weighted by Crippen LogP contribution is 2.29. The molecule has 5 heteroatoms. The first-order valence-electron chi connectivity index (χ1n) is 4.36. The van der Waals surface area contributed by atoms with E-state index in [0.29, 0.717) is 17.9 Å². The van der Waals surface area contributed by atoms with E-state index in [1.54, 1.807) is 19.1 Å². The molecule has 4 nitrogen and oxygen atoms in total. The van der Waals surface area contributed by atoms with E-state index >= 15 is 0 Å². The van der Waals surface area contributed by atoms with Gasteiger partial charge in [-0.3, -0.25) is 0 Å². The molecule has 0 aliphatic carbocycles.